The van der Waals surface area contributed by atoms with E-state index in [0.29, 0.717) is 18.0 Å². The van der Waals surface area contributed by atoms with Crippen LogP contribution in [0.1, 0.15) is 36.0 Å². The number of nitrogens with zero attached hydrogens (tertiary/aromatic N) is 1. The minimum Gasteiger partial charge on any atom is -0.371 e. The third kappa shape index (κ3) is 3.03. The Hall–Kier alpha value is -1.06. The number of carbonyl (C=O) groups excluding carboxylic acids is 1. The molecule has 2 N–H and O–H groups in total. The Morgan fingerprint density at radius 2 is 2.00 bits per heavy atom. The molecule has 18 heavy (non-hydrogen) atoms. The van der Waals surface area contributed by atoms with E-state index >= 15 is 0 Å². The molecule has 1 fully saturated rings. The van der Waals surface area contributed by atoms with Gasteiger partial charge in [-0.05, 0) is 44.0 Å². The van der Waals surface area contributed by atoms with Gasteiger partial charge in [-0.25, -0.2) is 0 Å². The zero-order chi connectivity index (χ0) is 13.0. The highest BCUT2D eigenvalue weighted by Gasteiger charge is 2.18. The molecule has 1 heterocycles. The number of hydrogen-bond acceptors (Lipinski definition) is 3. The van der Waals surface area contributed by atoms with Crippen LogP contribution in [0.5, 0.6) is 0 Å². The molecule has 0 aromatic heterocycles. The van der Waals surface area contributed by atoms with Gasteiger partial charge in [0.25, 0.3) is 0 Å². The molecule has 1 aliphatic rings. The molecule has 0 unspecified atom stereocenters. The number of halogens is 1. The number of benzene rings is 1. The van der Waals surface area contributed by atoms with Gasteiger partial charge in [0.1, 0.15) is 0 Å². The normalized spacial score (nSPS) is 15.8. The number of nitrogens with two attached hydrogens (primary N) is 1. The number of rotatable bonds is 4. The molecule has 0 atom stereocenters. The smallest absolute Gasteiger partial charge is 0.166 e. The molecule has 0 bridgehead atoms. The highest BCUT2D eigenvalue weighted by Crippen LogP contribution is 2.27. The van der Waals surface area contributed by atoms with Gasteiger partial charge in [0.15, 0.2) is 5.78 Å². The Morgan fingerprint density at radius 1 is 1.28 bits per heavy atom. The van der Waals surface area contributed by atoms with Crippen LogP contribution in [0.4, 0.5) is 5.69 Å². The lowest BCUT2D eigenvalue weighted by Crippen LogP contribution is -2.30. The predicted molar refractivity (Wildman–Crippen MR) is 75.5 cm³/mol. The molecule has 1 aliphatic heterocycles. The Kier molecular flexibility index (Phi) is 4.61. The average molecular weight is 267 g/mol. The second-order valence-electron chi connectivity index (χ2n) is 4.67. The summed E-state index contributed by atoms with van der Waals surface area (Å²) in [4.78, 5) is 14.4. The van der Waals surface area contributed by atoms with Gasteiger partial charge in [0.2, 0.25) is 0 Å². The van der Waals surface area contributed by atoms with Crippen LogP contribution in [0.2, 0.25) is 5.02 Å². The largest absolute Gasteiger partial charge is 0.371 e. The molecule has 3 nitrogen and oxygen atoms in total. The molecule has 1 aromatic rings. The molecule has 0 amide bonds. The third-order valence-corrected chi connectivity index (χ3v) is 3.56. The van der Waals surface area contributed by atoms with E-state index in [1.54, 1.807) is 6.07 Å². The molecule has 0 aliphatic carbocycles. The lowest BCUT2D eigenvalue weighted by molar-refractivity contribution is 0.0986. The van der Waals surface area contributed by atoms with Crippen molar-refractivity contribution in [2.24, 2.45) is 5.73 Å². The van der Waals surface area contributed by atoms with Crippen molar-refractivity contribution in [2.45, 2.75) is 25.7 Å². The molecule has 98 valence electrons. The number of piperidine rings is 1. The van der Waals surface area contributed by atoms with Gasteiger partial charge in [0.05, 0.1) is 0 Å². The van der Waals surface area contributed by atoms with Crippen molar-refractivity contribution in [1.29, 1.82) is 0 Å². The first-order chi connectivity index (χ1) is 8.72. The van der Waals surface area contributed by atoms with E-state index < -0.39 is 0 Å². The van der Waals surface area contributed by atoms with Gasteiger partial charge in [0, 0.05) is 35.8 Å². The van der Waals surface area contributed by atoms with Crippen molar-refractivity contribution in [3.05, 3.63) is 28.8 Å². The molecule has 0 radical (unpaired) electrons. The van der Waals surface area contributed by atoms with E-state index in [1.165, 1.54) is 19.3 Å². The van der Waals surface area contributed by atoms with Crippen LogP contribution >= 0.6 is 11.6 Å². The van der Waals surface area contributed by atoms with E-state index in [2.05, 4.69) is 4.90 Å². The lowest BCUT2D eigenvalue weighted by atomic mass is 10.0. The van der Waals surface area contributed by atoms with Crippen molar-refractivity contribution in [2.75, 3.05) is 24.5 Å². The maximum Gasteiger partial charge on any atom is 0.166 e. The Labute approximate surface area is 113 Å². The van der Waals surface area contributed by atoms with E-state index in [4.69, 9.17) is 17.3 Å². The highest BCUT2D eigenvalue weighted by molar-refractivity contribution is 6.31. The summed E-state index contributed by atoms with van der Waals surface area (Å²) in [5.41, 5.74) is 7.20. The second-order valence-corrected chi connectivity index (χ2v) is 5.11. The van der Waals surface area contributed by atoms with Crippen LogP contribution in [0, 0.1) is 0 Å². The Balaban J connectivity index is 2.30. The van der Waals surface area contributed by atoms with E-state index in [9.17, 15) is 4.79 Å². The van der Waals surface area contributed by atoms with Crippen molar-refractivity contribution < 1.29 is 4.79 Å². The summed E-state index contributed by atoms with van der Waals surface area (Å²) in [6.45, 7) is 2.42. The first kappa shape index (κ1) is 13.4. The zero-order valence-corrected chi connectivity index (χ0v) is 11.2. The molecular weight excluding hydrogens is 248 g/mol. The van der Waals surface area contributed by atoms with Crippen molar-refractivity contribution in [1.82, 2.24) is 0 Å². The maximum atomic E-state index is 12.1. The van der Waals surface area contributed by atoms with Gasteiger partial charge in [-0.1, -0.05) is 11.6 Å². The lowest BCUT2D eigenvalue weighted by Gasteiger charge is -2.30. The minimum atomic E-state index is 0.0839. The van der Waals surface area contributed by atoms with Crippen LogP contribution in [-0.4, -0.2) is 25.4 Å². The predicted octanol–water partition coefficient (Wildman–Crippen LogP) is 2.86. The number of ketones is 1. The summed E-state index contributed by atoms with van der Waals surface area (Å²) < 4.78 is 0. The molecule has 0 saturated carbocycles. The van der Waals surface area contributed by atoms with E-state index in [1.807, 2.05) is 12.1 Å². The number of hydrogen-bond donors (Lipinski definition) is 1. The Bertz CT molecular complexity index is 428. The van der Waals surface area contributed by atoms with Crippen LogP contribution in [-0.2, 0) is 0 Å². The summed E-state index contributed by atoms with van der Waals surface area (Å²) in [5, 5.41) is 0.608. The first-order valence-corrected chi connectivity index (χ1v) is 6.88. The fraction of sp³-hybridized carbons (Fsp3) is 0.500. The maximum absolute atomic E-state index is 12.1. The molecule has 4 heteroatoms. The first-order valence-electron chi connectivity index (χ1n) is 6.50. The van der Waals surface area contributed by atoms with Crippen LogP contribution in [0.3, 0.4) is 0 Å². The monoisotopic (exact) mass is 266 g/mol. The summed E-state index contributed by atoms with van der Waals surface area (Å²) in [5.74, 6) is 0.0839. The topological polar surface area (TPSA) is 46.3 Å². The SMILES string of the molecule is NCCC(=O)c1cc(Cl)ccc1N1CCCCC1. The van der Waals surface area contributed by atoms with Crippen LogP contribution < -0.4 is 10.6 Å². The molecule has 1 aromatic carbocycles. The van der Waals surface area contributed by atoms with Crippen LogP contribution in [0.15, 0.2) is 18.2 Å². The van der Waals surface area contributed by atoms with E-state index in [-0.39, 0.29) is 5.78 Å². The summed E-state index contributed by atoms with van der Waals surface area (Å²) in [6, 6.07) is 5.58. The van der Waals surface area contributed by atoms with Crippen molar-refractivity contribution in [3.63, 3.8) is 0 Å². The summed E-state index contributed by atoms with van der Waals surface area (Å²) >= 11 is 6.00. The van der Waals surface area contributed by atoms with E-state index in [0.717, 1.165) is 24.3 Å². The summed E-state index contributed by atoms with van der Waals surface area (Å²) in [7, 11) is 0. The fourth-order valence-electron chi connectivity index (χ4n) is 2.41. The number of anilines is 1. The number of Topliss-reactive ketones (excluding diaryl/α,β-unsaturated/α-hetero) is 1. The van der Waals surface area contributed by atoms with Gasteiger partial charge < -0.3 is 10.6 Å². The van der Waals surface area contributed by atoms with Gasteiger partial charge >= 0.3 is 0 Å². The highest BCUT2D eigenvalue weighted by atomic mass is 35.5. The Morgan fingerprint density at radius 3 is 2.67 bits per heavy atom. The summed E-state index contributed by atoms with van der Waals surface area (Å²) in [6.07, 6.45) is 4.03. The van der Waals surface area contributed by atoms with Gasteiger partial charge in [-0.15, -0.1) is 0 Å². The molecule has 1 saturated heterocycles. The molecule has 2 rings (SSSR count). The standard InChI is InChI=1S/C14H19ClN2O/c15-11-4-5-13(17-8-2-1-3-9-17)12(10-11)14(18)6-7-16/h4-5,10H,1-3,6-9,16H2. The van der Waals surface area contributed by atoms with Crippen molar-refractivity contribution in [3.8, 4) is 0 Å². The fourth-order valence-corrected chi connectivity index (χ4v) is 2.58. The van der Waals surface area contributed by atoms with Crippen molar-refractivity contribution >= 4 is 23.1 Å². The zero-order valence-electron chi connectivity index (χ0n) is 10.5. The second kappa shape index (κ2) is 6.21. The quantitative estimate of drug-likeness (QED) is 0.853. The minimum absolute atomic E-state index is 0.0839. The molecular formula is C14H19ClN2O. The average Bonchev–Trinajstić information content (AvgIpc) is 2.40. The van der Waals surface area contributed by atoms with Crippen LogP contribution in [0.25, 0.3) is 0 Å². The van der Waals surface area contributed by atoms with Gasteiger partial charge in [-0.3, -0.25) is 4.79 Å². The third-order valence-electron chi connectivity index (χ3n) is 3.33. The van der Waals surface area contributed by atoms with Gasteiger partial charge in [-0.2, -0.15) is 0 Å². The number of carbonyl (C=O) groups is 1. The molecule has 0 spiro atoms.